The van der Waals surface area contributed by atoms with Crippen molar-refractivity contribution < 1.29 is 19.0 Å². The van der Waals surface area contributed by atoms with Crippen LogP contribution >= 0.6 is 0 Å². The van der Waals surface area contributed by atoms with Crippen molar-refractivity contribution in [2.24, 2.45) is 0 Å². The zero-order chi connectivity index (χ0) is 17.2. The number of esters is 1. The highest BCUT2D eigenvalue weighted by Gasteiger charge is 2.15. The van der Waals surface area contributed by atoms with Crippen LogP contribution in [-0.2, 0) is 9.53 Å². The highest BCUT2D eigenvalue weighted by atomic mass is 16.6. The molecule has 24 heavy (non-hydrogen) atoms. The lowest BCUT2D eigenvalue weighted by Crippen LogP contribution is -2.27. The van der Waals surface area contributed by atoms with Gasteiger partial charge in [-0.2, -0.15) is 0 Å². The van der Waals surface area contributed by atoms with Gasteiger partial charge in [-0.1, -0.05) is 43.0 Å². The van der Waals surface area contributed by atoms with Crippen molar-refractivity contribution in [2.75, 3.05) is 13.2 Å². The van der Waals surface area contributed by atoms with E-state index in [0.717, 1.165) is 11.5 Å². The Kier molecular flexibility index (Phi) is 6.90. The van der Waals surface area contributed by atoms with Crippen molar-refractivity contribution in [3.63, 3.8) is 0 Å². The Hall–Kier alpha value is -2.75. The Balaban J connectivity index is 1.88. The van der Waals surface area contributed by atoms with Crippen LogP contribution in [0, 0.1) is 0 Å². The number of hydrogen-bond donors (Lipinski definition) is 0. The Bertz CT molecular complexity index is 637. The molecule has 4 heteroatoms. The van der Waals surface area contributed by atoms with Gasteiger partial charge in [0, 0.05) is 12.0 Å². The number of carbonyl (C=O) groups excluding carboxylic acids is 1. The first kappa shape index (κ1) is 17.6. The monoisotopic (exact) mass is 326 g/mol. The van der Waals surface area contributed by atoms with Crippen LogP contribution in [0.2, 0.25) is 0 Å². The molecule has 2 aromatic rings. The lowest BCUT2D eigenvalue weighted by Gasteiger charge is -2.19. The van der Waals surface area contributed by atoms with Gasteiger partial charge in [0.2, 0.25) is 0 Å². The Labute approximate surface area is 142 Å². The van der Waals surface area contributed by atoms with E-state index < -0.39 is 5.97 Å². The van der Waals surface area contributed by atoms with Crippen molar-refractivity contribution in [1.82, 2.24) is 0 Å². The smallest absolute Gasteiger partial charge is 0.333 e. The van der Waals surface area contributed by atoms with E-state index in [4.69, 9.17) is 14.2 Å². The Morgan fingerprint density at radius 1 is 1.00 bits per heavy atom. The van der Waals surface area contributed by atoms with Gasteiger partial charge in [0.1, 0.15) is 24.2 Å². The lowest BCUT2D eigenvalue weighted by molar-refractivity contribution is -0.141. The fourth-order valence-corrected chi connectivity index (χ4v) is 1.98. The van der Waals surface area contributed by atoms with Gasteiger partial charge in [-0.25, -0.2) is 4.79 Å². The number of carbonyl (C=O) groups is 1. The molecule has 1 unspecified atom stereocenters. The van der Waals surface area contributed by atoms with Gasteiger partial charge >= 0.3 is 5.97 Å². The molecule has 1 atom stereocenters. The predicted molar refractivity (Wildman–Crippen MR) is 93.2 cm³/mol. The van der Waals surface area contributed by atoms with Crippen molar-refractivity contribution >= 4 is 5.97 Å². The summed E-state index contributed by atoms with van der Waals surface area (Å²) in [4.78, 5) is 11.6. The van der Waals surface area contributed by atoms with Crippen molar-refractivity contribution in [2.45, 2.75) is 19.4 Å². The third-order valence-electron chi connectivity index (χ3n) is 3.25. The van der Waals surface area contributed by atoms with Crippen LogP contribution in [0.15, 0.2) is 72.8 Å². The molecule has 0 spiro atoms. The molecular weight excluding hydrogens is 304 g/mol. The normalized spacial score (nSPS) is 11.4. The highest BCUT2D eigenvalue weighted by Crippen LogP contribution is 2.15. The summed E-state index contributed by atoms with van der Waals surface area (Å²) in [6.45, 7) is 5.81. The molecule has 0 radical (unpaired) electrons. The first-order chi connectivity index (χ1) is 11.6. The van der Waals surface area contributed by atoms with E-state index >= 15 is 0 Å². The maximum Gasteiger partial charge on any atom is 0.333 e. The van der Waals surface area contributed by atoms with Crippen LogP contribution < -0.4 is 9.47 Å². The summed E-state index contributed by atoms with van der Waals surface area (Å²) < 4.78 is 16.8. The summed E-state index contributed by atoms with van der Waals surface area (Å²) in [5.41, 5.74) is 0.369. The van der Waals surface area contributed by atoms with E-state index in [1.807, 2.05) is 60.7 Å². The minimum Gasteiger partial charge on any atom is -0.493 e. The third kappa shape index (κ3) is 6.16. The molecule has 2 rings (SSSR count). The molecule has 2 aromatic carbocycles. The van der Waals surface area contributed by atoms with Gasteiger partial charge in [-0.15, -0.1) is 0 Å². The van der Waals surface area contributed by atoms with Gasteiger partial charge in [0.25, 0.3) is 0 Å². The SMILES string of the molecule is C=C(C)C(=O)OCC(CCOc1ccccc1)Oc1ccccc1. The van der Waals surface area contributed by atoms with Gasteiger partial charge in [0.15, 0.2) is 0 Å². The Morgan fingerprint density at radius 3 is 2.17 bits per heavy atom. The summed E-state index contributed by atoms with van der Waals surface area (Å²) in [7, 11) is 0. The quantitative estimate of drug-likeness (QED) is 0.516. The summed E-state index contributed by atoms with van der Waals surface area (Å²) in [6.07, 6.45) is 0.298. The minimum absolute atomic E-state index is 0.152. The molecule has 126 valence electrons. The van der Waals surface area contributed by atoms with Crippen molar-refractivity contribution in [3.8, 4) is 11.5 Å². The molecule has 0 amide bonds. The maximum absolute atomic E-state index is 11.6. The molecule has 0 aliphatic rings. The molecule has 0 heterocycles. The molecule has 0 fully saturated rings. The highest BCUT2D eigenvalue weighted by molar-refractivity contribution is 5.86. The van der Waals surface area contributed by atoms with Crippen LogP contribution in [0.25, 0.3) is 0 Å². The van der Waals surface area contributed by atoms with E-state index in [1.165, 1.54) is 0 Å². The number of hydrogen-bond acceptors (Lipinski definition) is 4. The zero-order valence-electron chi connectivity index (χ0n) is 13.8. The summed E-state index contributed by atoms with van der Waals surface area (Å²) in [6, 6.07) is 19.0. The second kappa shape index (κ2) is 9.40. The van der Waals surface area contributed by atoms with E-state index in [-0.39, 0.29) is 12.7 Å². The average molecular weight is 326 g/mol. The predicted octanol–water partition coefficient (Wildman–Crippen LogP) is 4.02. The molecule has 0 saturated heterocycles. The van der Waals surface area contributed by atoms with E-state index in [0.29, 0.717) is 18.6 Å². The summed E-state index contributed by atoms with van der Waals surface area (Å²) in [5.74, 6) is 1.11. The molecule has 0 aliphatic heterocycles. The van der Waals surface area contributed by atoms with E-state index in [9.17, 15) is 4.79 Å². The molecule has 0 saturated carbocycles. The van der Waals surface area contributed by atoms with Gasteiger partial charge < -0.3 is 14.2 Å². The number of benzene rings is 2. The summed E-state index contributed by atoms with van der Waals surface area (Å²) in [5, 5.41) is 0. The number of ether oxygens (including phenoxy) is 3. The molecule has 0 aromatic heterocycles. The summed E-state index contributed by atoms with van der Waals surface area (Å²) >= 11 is 0. The molecule has 0 N–H and O–H groups in total. The molecular formula is C20H22O4. The standard InChI is InChI=1S/C20H22O4/c1-16(2)20(21)23-15-19(24-18-11-7-4-8-12-18)13-14-22-17-9-5-3-6-10-17/h3-12,19H,1,13-15H2,2H3. The van der Waals surface area contributed by atoms with Gasteiger partial charge in [-0.05, 0) is 31.2 Å². The fraction of sp³-hybridized carbons (Fsp3) is 0.250. The van der Waals surface area contributed by atoms with Crippen LogP contribution in [0.4, 0.5) is 0 Å². The van der Waals surface area contributed by atoms with Crippen LogP contribution in [-0.4, -0.2) is 25.3 Å². The second-order valence-electron chi connectivity index (χ2n) is 5.38. The average Bonchev–Trinajstić information content (AvgIpc) is 2.61. The van der Waals surface area contributed by atoms with Gasteiger partial charge in [0.05, 0.1) is 6.61 Å². The largest absolute Gasteiger partial charge is 0.493 e. The molecule has 0 aliphatic carbocycles. The van der Waals surface area contributed by atoms with Crippen molar-refractivity contribution in [1.29, 1.82) is 0 Å². The van der Waals surface area contributed by atoms with Gasteiger partial charge in [-0.3, -0.25) is 0 Å². The lowest BCUT2D eigenvalue weighted by atomic mass is 10.2. The van der Waals surface area contributed by atoms with E-state index in [2.05, 4.69) is 6.58 Å². The fourth-order valence-electron chi connectivity index (χ4n) is 1.98. The second-order valence-corrected chi connectivity index (χ2v) is 5.38. The maximum atomic E-state index is 11.6. The van der Waals surface area contributed by atoms with Crippen LogP contribution in [0.5, 0.6) is 11.5 Å². The minimum atomic E-state index is -0.416. The van der Waals surface area contributed by atoms with Crippen LogP contribution in [0.3, 0.4) is 0 Å². The zero-order valence-corrected chi connectivity index (χ0v) is 13.8. The number of rotatable bonds is 9. The molecule has 0 bridgehead atoms. The van der Waals surface area contributed by atoms with Crippen molar-refractivity contribution in [3.05, 3.63) is 72.8 Å². The third-order valence-corrected chi connectivity index (χ3v) is 3.25. The molecule has 4 nitrogen and oxygen atoms in total. The first-order valence-corrected chi connectivity index (χ1v) is 7.87. The number of para-hydroxylation sites is 2. The van der Waals surface area contributed by atoms with E-state index in [1.54, 1.807) is 6.92 Å². The first-order valence-electron chi connectivity index (χ1n) is 7.87. The van der Waals surface area contributed by atoms with Crippen LogP contribution in [0.1, 0.15) is 13.3 Å². The topological polar surface area (TPSA) is 44.8 Å². The Morgan fingerprint density at radius 2 is 1.58 bits per heavy atom.